The number of ether oxygens (including phenoxy) is 1. The molecule has 4 rings (SSSR count). The average molecular weight is 599 g/mol. The van der Waals surface area contributed by atoms with Crippen molar-refractivity contribution in [3.05, 3.63) is 40.3 Å². The molecule has 2 fully saturated rings. The first-order chi connectivity index (χ1) is 19.1. The third-order valence-electron chi connectivity index (χ3n) is 7.58. The molecule has 9 nitrogen and oxygen atoms in total. The van der Waals surface area contributed by atoms with Crippen LogP contribution in [0.5, 0.6) is 0 Å². The topological polar surface area (TPSA) is 117 Å². The summed E-state index contributed by atoms with van der Waals surface area (Å²) >= 11 is 0. The van der Waals surface area contributed by atoms with Crippen molar-refractivity contribution in [2.45, 2.75) is 89.6 Å². The molecule has 2 N–H and O–H groups in total. The summed E-state index contributed by atoms with van der Waals surface area (Å²) in [4.78, 5) is 29.4. The number of hydrogen-bond donors (Lipinski definition) is 2. The summed E-state index contributed by atoms with van der Waals surface area (Å²) < 4.78 is 73.9. The monoisotopic (exact) mass is 598 g/mol. The fourth-order valence-electron chi connectivity index (χ4n) is 5.40. The molecule has 1 saturated carbocycles. The Hall–Kier alpha value is -2.93. The summed E-state index contributed by atoms with van der Waals surface area (Å²) in [5, 5.41) is 6.10. The van der Waals surface area contributed by atoms with Crippen LogP contribution < -0.4 is 10.6 Å². The number of rotatable bonds is 6. The van der Waals surface area contributed by atoms with Gasteiger partial charge in [-0.15, -0.1) is 0 Å². The molecule has 0 aromatic heterocycles. The van der Waals surface area contributed by atoms with Gasteiger partial charge in [-0.1, -0.05) is 31.4 Å². The number of alkyl halides is 3. The summed E-state index contributed by atoms with van der Waals surface area (Å²) in [6.45, 7) is 4.86. The highest BCUT2D eigenvalue weighted by molar-refractivity contribution is 7.92. The van der Waals surface area contributed by atoms with Crippen LogP contribution in [-0.4, -0.2) is 54.8 Å². The maximum Gasteiger partial charge on any atom is 0.416 e. The Morgan fingerprint density at radius 2 is 1.83 bits per heavy atom. The van der Waals surface area contributed by atoms with E-state index in [-0.39, 0.29) is 55.4 Å². The number of nitrogens with one attached hydrogen (secondary N) is 2. The summed E-state index contributed by atoms with van der Waals surface area (Å²) in [6, 6.07) is 3.41. The first-order valence-electron chi connectivity index (χ1n) is 13.8. The second-order valence-corrected chi connectivity index (χ2v) is 13.7. The third kappa shape index (κ3) is 7.68. The molecule has 13 heteroatoms. The number of benzene rings is 1. The molecule has 2 heterocycles. The van der Waals surface area contributed by atoms with E-state index in [2.05, 4.69) is 10.6 Å². The molecule has 0 atom stereocenters. The van der Waals surface area contributed by atoms with Crippen molar-refractivity contribution in [3.63, 3.8) is 0 Å². The number of sulfonamides is 1. The van der Waals surface area contributed by atoms with Crippen molar-refractivity contribution in [2.75, 3.05) is 13.1 Å². The van der Waals surface area contributed by atoms with Gasteiger partial charge in [0.25, 0.3) is 5.91 Å². The van der Waals surface area contributed by atoms with Crippen LogP contribution >= 0.6 is 0 Å². The first-order valence-corrected chi connectivity index (χ1v) is 15.3. The second-order valence-electron chi connectivity index (χ2n) is 11.8. The lowest BCUT2D eigenvalue weighted by Gasteiger charge is -2.34. The van der Waals surface area contributed by atoms with E-state index in [4.69, 9.17) is 9.73 Å². The molecule has 3 aliphatic rings. The number of nitrogens with zero attached hydrogens (tertiary/aromatic N) is 2. The standard InChI is InChI=1S/C28H37F3N4O5S/c1-26(2,3)40-25(37)32-18-19-9-10-20(22(17-19)28(29,30)31)11-16-41(38,39)35-14-12-27(13-15-35)24(36)33-23(34-27)21-7-5-4-6-8-21/h9-11,16-17,21H,4-8,12-15,18H2,1-3H3,(H,32,37)(H,33,34,36)/b16-11+. The third-order valence-corrected chi connectivity index (χ3v) is 9.14. The van der Waals surface area contributed by atoms with Gasteiger partial charge in [0, 0.05) is 31.0 Å². The van der Waals surface area contributed by atoms with Crippen molar-refractivity contribution >= 4 is 33.9 Å². The minimum Gasteiger partial charge on any atom is -0.444 e. The predicted molar refractivity (Wildman–Crippen MR) is 148 cm³/mol. The number of carbonyl (C=O) groups is 2. The van der Waals surface area contributed by atoms with E-state index in [0.29, 0.717) is 5.84 Å². The largest absolute Gasteiger partial charge is 0.444 e. The summed E-state index contributed by atoms with van der Waals surface area (Å²) in [5.74, 6) is 0.719. The average Bonchev–Trinajstić information content (AvgIpc) is 3.21. The molecule has 2 amide bonds. The number of halogens is 3. The van der Waals surface area contributed by atoms with Gasteiger partial charge in [0.05, 0.1) is 5.56 Å². The Kier molecular flexibility index (Phi) is 8.89. The van der Waals surface area contributed by atoms with Crippen molar-refractivity contribution in [1.82, 2.24) is 14.9 Å². The highest BCUT2D eigenvalue weighted by Crippen LogP contribution is 2.36. The zero-order chi connectivity index (χ0) is 30.1. The van der Waals surface area contributed by atoms with E-state index in [1.54, 1.807) is 20.8 Å². The molecule has 1 saturated heterocycles. The van der Waals surface area contributed by atoms with Crippen LogP contribution in [0.2, 0.25) is 0 Å². The highest BCUT2D eigenvalue weighted by atomic mass is 32.2. The number of hydrogen-bond acceptors (Lipinski definition) is 6. The van der Waals surface area contributed by atoms with Gasteiger partial charge in [0.1, 0.15) is 17.0 Å². The molecule has 2 aliphatic heterocycles. The smallest absolute Gasteiger partial charge is 0.416 e. The van der Waals surface area contributed by atoms with Crippen LogP contribution in [0.25, 0.3) is 6.08 Å². The Bertz CT molecular complexity index is 1320. The van der Waals surface area contributed by atoms with E-state index < -0.39 is 39.0 Å². The normalized spacial score (nSPS) is 20.7. The molecule has 1 aliphatic carbocycles. The predicted octanol–water partition coefficient (Wildman–Crippen LogP) is 4.97. The number of amides is 2. The molecular weight excluding hydrogens is 561 g/mol. The maximum absolute atomic E-state index is 13.8. The Balaban J connectivity index is 1.43. The Morgan fingerprint density at radius 1 is 1.17 bits per heavy atom. The number of piperidine rings is 1. The van der Waals surface area contributed by atoms with Crippen LogP contribution in [0.4, 0.5) is 18.0 Å². The molecule has 1 aromatic rings. The van der Waals surface area contributed by atoms with Gasteiger partial charge in [-0.25, -0.2) is 13.2 Å². The van der Waals surface area contributed by atoms with Crippen LogP contribution in [-0.2, 0) is 32.3 Å². The van der Waals surface area contributed by atoms with Gasteiger partial charge in [-0.05, 0) is 69.7 Å². The van der Waals surface area contributed by atoms with E-state index in [9.17, 15) is 31.2 Å². The Morgan fingerprint density at radius 3 is 2.44 bits per heavy atom. The van der Waals surface area contributed by atoms with E-state index in [1.807, 2.05) is 0 Å². The van der Waals surface area contributed by atoms with Crippen molar-refractivity contribution in [1.29, 1.82) is 0 Å². The lowest BCUT2D eigenvalue weighted by atomic mass is 9.88. The van der Waals surface area contributed by atoms with Gasteiger partial charge in [-0.3, -0.25) is 9.79 Å². The summed E-state index contributed by atoms with van der Waals surface area (Å²) in [5.41, 5.74) is -2.93. The van der Waals surface area contributed by atoms with E-state index >= 15 is 0 Å². The van der Waals surface area contributed by atoms with Crippen LogP contribution in [0, 0.1) is 5.92 Å². The first kappa shape index (κ1) is 31.0. The Labute approximate surface area is 238 Å². The quantitative estimate of drug-likeness (QED) is 0.480. The summed E-state index contributed by atoms with van der Waals surface area (Å²) in [7, 11) is -4.06. The molecule has 226 valence electrons. The molecule has 0 unspecified atom stereocenters. The number of alkyl carbamates (subject to hydrolysis) is 1. The van der Waals surface area contributed by atoms with Crippen LogP contribution in [0.1, 0.15) is 82.4 Å². The van der Waals surface area contributed by atoms with Gasteiger partial charge in [-0.2, -0.15) is 17.5 Å². The zero-order valence-electron chi connectivity index (χ0n) is 23.5. The van der Waals surface area contributed by atoms with E-state index in [1.165, 1.54) is 16.8 Å². The maximum atomic E-state index is 13.8. The highest BCUT2D eigenvalue weighted by Gasteiger charge is 2.48. The number of carbonyl (C=O) groups excluding carboxylic acids is 2. The minimum absolute atomic E-state index is 0.0307. The van der Waals surface area contributed by atoms with Gasteiger partial charge >= 0.3 is 12.3 Å². The molecule has 0 radical (unpaired) electrons. The van der Waals surface area contributed by atoms with Crippen LogP contribution in [0.15, 0.2) is 28.6 Å². The zero-order valence-corrected chi connectivity index (χ0v) is 24.3. The molecule has 1 spiro atoms. The molecule has 41 heavy (non-hydrogen) atoms. The van der Waals surface area contributed by atoms with Crippen molar-refractivity contribution < 1.29 is 35.9 Å². The molecule has 1 aromatic carbocycles. The SMILES string of the molecule is CC(C)(C)OC(=O)NCc1ccc(/C=C/S(=O)(=O)N2CCC3(CC2)N=C(C2CCCCC2)NC3=O)c(C(F)(F)F)c1. The molecule has 0 bridgehead atoms. The summed E-state index contributed by atoms with van der Waals surface area (Å²) in [6.07, 6.45) is 1.11. The number of aliphatic imine (C=N–C) groups is 1. The van der Waals surface area contributed by atoms with Gasteiger partial charge < -0.3 is 15.4 Å². The van der Waals surface area contributed by atoms with E-state index in [0.717, 1.165) is 49.3 Å². The van der Waals surface area contributed by atoms with Crippen LogP contribution in [0.3, 0.4) is 0 Å². The minimum atomic E-state index is -4.76. The molecular formula is C28H37F3N4O5S. The number of amidine groups is 1. The van der Waals surface area contributed by atoms with Crippen molar-refractivity contribution in [2.24, 2.45) is 10.9 Å². The lowest BCUT2D eigenvalue weighted by molar-refractivity contribution is -0.137. The fraction of sp³-hybridized carbons (Fsp3) is 0.607. The lowest BCUT2D eigenvalue weighted by Crippen LogP contribution is -2.50. The van der Waals surface area contributed by atoms with Gasteiger partial charge in [0.15, 0.2) is 0 Å². The van der Waals surface area contributed by atoms with Crippen molar-refractivity contribution in [3.8, 4) is 0 Å². The van der Waals surface area contributed by atoms with Gasteiger partial charge in [0.2, 0.25) is 10.0 Å². The fourth-order valence-corrected chi connectivity index (χ4v) is 6.58. The second kappa shape index (κ2) is 11.7.